The van der Waals surface area contributed by atoms with Crippen LogP contribution in [0.1, 0.15) is 41.5 Å². The van der Waals surface area contributed by atoms with E-state index in [1.165, 1.54) is 12.1 Å². The Morgan fingerprint density at radius 3 is 3.00 bits per heavy atom. The monoisotopic (exact) mass is 193 g/mol. The first-order chi connectivity index (χ1) is 6.74. The predicted molar refractivity (Wildman–Crippen MR) is 53.7 cm³/mol. The van der Waals surface area contributed by atoms with Gasteiger partial charge in [-0.3, -0.25) is 0 Å². The normalized spacial score (nSPS) is 15.2. The van der Waals surface area contributed by atoms with E-state index >= 15 is 0 Å². The van der Waals surface area contributed by atoms with Gasteiger partial charge >= 0.3 is 5.97 Å². The van der Waals surface area contributed by atoms with Crippen molar-refractivity contribution in [2.45, 2.75) is 39.2 Å². The Kier molecular flexibility index (Phi) is 2.32. The molecule has 0 unspecified atom stereocenters. The fraction of sp³-hybridized carbons (Fsp3) is 0.545. The molecule has 2 heterocycles. The zero-order chi connectivity index (χ0) is 10.1. The molecule has 0 spiro atoms. The van der Waals surface area contributed by atoms with Crippen LogP contribution in [0, 0.1) is 0 Å². The highest BCUT2D eigenvalue weighted by Gasteiger charge is 2.21. The molecule has 3 heteroatoms. The van der Waals surface area contributed by atoms with E-state index in [2.05, 4.69) is 6.07 Å². The van der Waals surface area contributed by atoms with Crippen LogP contribution < -0.4 is 0 Å². The smallest absolute Gasteiger partial charge is 0.352 e. The van der Waals surface area contributed by atoms with E-state index in [4.69, 9.17) is 5.11 Å². The first-order valence-electron chi connectivity index (χ1n) is 5.18. The molecule has 0 amide bonds. The molecule has 3 nitrogen and oxygen atoms in total. The van der Waals surface area contributed by atoms with E-state index in [-0.39, 0.29) is 0 Å². The van der Waals surface area contributed by atoms with Crippen molar-refractivity contribution in [3.8, 4) is 0 Å². The molecule has 1 N–H and O–H groups in total. The summed E-state index contributed by atoms with van der Waals surface area (Å²) in [5, 5.41) is 9.12. The number of carboxylic acids is 1. The van der Waals surface area contributed by atoms with Crippen molar-refractivity contribution < 1.29 is 9.90 Å². The van der Waals surface area contributed by atoms with E-state index in [0.29, 0.717) is 5.69 Å². The summed E-state index contributed by atoms with van der Waals surface area (Å²) in [5.74, 6) is -0.782. The predicted octanol–water partition coefficient (Wildman–Crippen LogP) is 2.08. The number of carbonyl (C=O) groups is 1. The third-order valence-corrected chi connectivity index (χ3v) is 2.91. The zero-order valence-corrected chi connectivity index (χ0v) is 8.42. The third-order valence-electron chi connectivity index (χ3n) is 2.91. The fourth-order valence-electron chi connectivity index (χ4n) is 2.23. The highest BCUT2D eigenvalue weighted by Crippen LogP contribution is 2.23. The Morgan fingerprint density at radius 2 is 2.36 bits per heavy atom. The van der Waals surface area contributed by atoms with E-state index in [0.717, 1.165) is 31.4 Å². The highest BCUT2D eigenvalue weighted by molar-refractivity contribution is 5.88. The minimum atomic E-state index is -0.782. The molecule has 1 aliphatic heterocycles. The van der Waals surface area contributed by atoms with Crippen molar-refractivity contribution in [1.29, 1.82) is 0 Å². The van der Waals surface area contributed by atoms with Crippen LogP contribution in [-0.4, -0.2) is 15.6 Å². The topological polar surface area (TPSA) is 42.2 Å². The van der Waals surface area contributed by atoms with Gasteiger partial charge < -0.3 is 9.67 Å². The summed E-state index contributed by atoms with van der Waals surface area (Å²) >= 11 is 0. The van der Waals surface area contributed by atoms with Gasteiger partial charge in [-0.2, -0.15) is 0 Å². The lowest BCUT2D eigenvalue weighted by atomic mass is 10.1. The molecule has 14 heavy (non-hydrogen) atoms. The van der Waals surface area contributed by atoms with Gasteiger partial charge in [-0.25, -0.2) is 4.79 Å². The summed E-state index contributed by atoms with van der Waals surface area (Å²) in [5.41, 5.74) is 2.70. The van der Waals surface area contributed by atoms with Crippen LogP contribution in [0.3, 0.4) is 0 Å². The second kappa shape index (κ2) is 3.48. The maximum absolute atomic E-state index is 11.1. The van der Waals surface area contributed by atoms with Gasteiger partial charge in [0, 0.05) is 12.2 Å². The van der Waals surface area contributed by atoms with E-state index < -0.39 is 5.97 Å². The lowest BCUT2D eigenvalue weighted by molar-refractivity contribution is 0.0682. The average molecular weight is 193 g/mol. The van der Waals surface area contributed by atoms with Crippen LogP contribution in [0.5, 0.6) is 0 Å². The zero-order valence-electron chi connectivity index (χ0n) is 8.42. The van der Waals surface area contributed by atoms with Crippen LogP contribution in [0.15, 0.2) is 6.07 Å². The highest BCUT2D eigenvalue weighted by atomic mass is 16.4. The minimum absolute atomic E-state index is 0.516. The molecule has 0 saturated carbocycles. The fourth-order valence-corrected chi connectivity index (χ4v) is 2.23. The van der Waals surface area contributed by atoms with Gasteiger partial charge in [-0.1, -0.05) is 6.92 Å². The number of fused-ring (bicyclic) bond motifs is 1. The molecule has 0 saturated heterocycles. The van der Waals surface area contributed by atoms with Crippen molar-refractivity contribution >= 4 is 5.97 Å². The molecule has 0 fully saturated rings. The van der Waals surface area contributed by atoms with Crippen molar-refractivity contribution in [2.75, 3.05) is 0 Å². The maximum Gasteiger partial charge on any atom is 0.352 e. The molecule has 0 radical (unpaired) electrons. The van der Waals surface area contributed by atoms with Gasteiger partial charge in [0.25, 0.3) is 0 Å². The van der Waals surface area contributed by atoms with Crippen molar-refractivity contribution in [3.63, 3.8) is 0 Å². The molecule has 76 valence electrons. The van der Waals surface area contributed by atoms with Crippen molar-refractivity contribution in [3.05, 3.63) is 23.0 Å². The number of aromatic nitrogens is 1. The maximum atomic E-state index is 11.1. The molecule has 0 aliphatic carbocycles. The number of aromatic carboxylic acids is 1. The molecule has 1 aromatic heterocycles. The Bertz CT molecular complexity index is 366. The first kappa shape index (κ1) is 9.31. The second-order valence-electron chi connectivity index (χ2n) is 3.78. The van der Waals surface area contributed by atoms with Gasteiger partial charge in [-0.05, 0) is 37.3 Å². The van der Waals surface area contributed by atoms with Crippen LogP contribution >= 0.6 is 0 Å². The van der Waals surface area contributed by atoms with Gasteiger partial charge in [-0.15, -0.1) is 0 Å². The minimum Gasteiger partial charge on any atom is -0.477 e. The van der Waals surface area contributed by atoms with Crippen LogP contribution in [0.4, 0.5) is 0 Å². The van der Waals surface area contributed by atoms with Gasteiger partial charge in [0.15, 0.2) is 0 Å². The Hall–Kier alpha value is -1.25. The summed E-state index contributed by atoms with van der Waals surface area (Å²) in [6, 6.07) is 2.06. The van der Waals surface area contributed by atoms with Crippen molar-refractivity contribution in [2.24, 2.45) is 0 Å². The van der Waals surface area contributed by atoms with Gasteiger partial charge in [0.1, 0.15) is 5.69 Å². The lowest BCUT2D eigenvalue weighted by Crippen LogP contribution is -2.16. The largest absolute Gasteiger partial charge is 0.477 e. The second-order valence-corrected chi connectivity index (χ2v) is 3.78. The summed E-state index contributed by atoms with van der Waals surface area (Å²) in [4.78, 5) is 11.1. The number of hydrogen-bond acceptors (Lipinski definition) is 1. The van der Waals surface area contributed by atoms with E-state index in [1.54, 1.807) is 0 Å². The summed E-state index contributed by atoms with van der Waals surface area (Å²) in [6.45, 7) is 2.88. The summed E-state index contributed by atoms with van der Waals surface area (Å²) in [7, 11) is 0. The molecule has 0 aromatic carbocycles. The molecular formula is C11H15NO2. The molecule has 0 atom stereocenters. The van der Waals surface area contributed by atoms with Crippen LogP contribution in [0.25, 0.3) is 0 Å². The summed E-state index contributed by atoms with van der Waals surface area (Å²) < 4.78 is 1.98. The molecular weight excluding hydrogens is 178 g/mol. The van der Waals surface area contributed by atoms with Crippen LogP contribution in [-0.2, 0) is 19.4 Å². The SMILES string of the molecule is CCc1cc2n(c1C(=O)O)CCCC2. The Labute approximate surface area is 83.4 Å². The van der Waals surface area contributed by atoms with Gasteiger partial charge in [0.05, 0.1) is 0 Å². The number of aryl methyl sites for hydroxylation is 2. The van der Waals surface area contributed by atoms with Crippen LogP contribution in [0.2, 0.25) is 0 Å². The van der Waals surface area contributed by atoms with E-state index in [9.17, 15) is 4.79 Å². The molecule has 1 aromatic rings. The summed E-state index contributed by atoms with van der Waals surface area (Å²) in [6.07, 6.45) is 4.12. The lowest BCUT2D eigenvalue weighted by Gasteiger charge is -2.16. The standard InChI is InChI=1S/C11H15NO2/c1-2-8-7-9-5-3-4-6-12(9)10(8)11(13)14/h7H,2-6H2,1H3,(H,13,14). The number of rotatable bonds is 2. The number of nitrogens with zero attached hydrogens (tertiary/aromatic N) is 1. The average Bonchev–Trinajstić information content (AvgIpc) is 2.55. The quantitative estimate of drug-likeness (QED) is 0.781. The number of hydrogen-bond donors (Lipinski definition) is 1. The molecule has 1 aliphatic rings. The van der Waals surface area contributed by atoms with E-state index in [1.807, 2.05) is 11.5 Å². The van der Waals surface area contributed by atoms with Gasteiger partial charge in [0.2, 0.25) is 0 Å². The third kappa shape index (κ3) is 1.33. The van der Waals surface area contributed by atoms with Crippen molar-refractivity contribution in [1.82, 2.24) is 4.57 Å². The number of carboxylic acid groups (broad SMARTS) is 1. The molecule has 0 bridgehead atoms. The Balaban J connectivity index is 2.53. The Morgan fingerprint density at radius 1 is 1.57 bits per heavy atom. The molecule has 2 rings (SSSR count). The first-order valence-corrected chi connectivity index (χ1v) is 5.18.